The fourth-order valence-electron chi connectivity index (χ4n) is 5.81. The summed E-state index contributed by atoms with van der Waals surface area (Å²) in [4.78, 5) is 20.0. The summed E-state index contributed by atoms with van der Waals surface area (Å²) in [7, 11) is -3.93. The first-order chi connectivity index (χ1) is 17.9. The van der Waals surface area contributed by atoms with Crippen LogP contribution in [0.3, 0.4) is 0 Å². The van der Waals surface area contributed by atoms with Crippen LogP contribution in [0, 0.1) is 0 Å². The molecular weight excluding hydrogens is 512 g/mol. The van der Waals surface area contributed by atoms with Crippen molar-refractivity contribution < 1.29 is 13.2 Å². The van der Waals surface area contributed by atoms with Gasteiger partial charge in [0.2, 0.25) is 5.03 Å². The van der Waals surface area contributed by atoms with E-state index in [4.69, 9.17) is 11.6 Å². The minimum Gasteiger partial charge on any atom is -0.368 e. The molecule has 1 aromatic carbocycles. The number of nitrogens with zero attached hydrogens (tertiary/aromatic N) is 6. The van der Waals surface area contributed by atoms with Crippen LogP contribution in [0.25, 0.3) is 0 Å². The number of piperazine rings is 2. The second-order valence-electron chi connectivity index (χ2n) is 10.2. The highest BCUT2D eigenvalue weighted by Crippen LogP contribution is 2.29. The summed E-state index contributed by atoms with van der Waals surface area (Å²) in [6, 6.07) is 8.21. The third kappa shape index (κ3) is 5.53. The molecule has 37 heavy (non-hydrogen) atoms. The predicted molar refractivity (Wildman–Crippen MR) is 145 cm³/mol. The van der Waals surface area contributed by atoms with Gasteiger partial charge in [-0.3, -0.25) is 14.4 Å². The van der Waals surface area contributed by atoms with E-state index < -0.39 is 10.0 Å². The third-order valence-corrected chi connectivity index (χ3v) is 10.1. The van der Waals surface area contributed by atoms with Gasteiger partial charge < -0.3 is 9.80 Å². The van der Waals surface area contributed by atoms with E-state index >= 15 is 0 Å². The molecule has 2 aromatic rings. The van der Waals surface area contributed by atoms with Crippen molar-refractivity contribution >= 4 is 33.2 Å². The number of sulfonamides is 1. The smallest absolute Gasteiger partial charge is 0.263 e. The molecule has 0 atom stereocenters. The van der Waals surface area contributed by atoms with Crippen LogP contribution in [0.2, 0.25) is 5.02 Å². The molecule has 202 valence electrons. The summed E-state index contributed by atoms with van der Waals surface area (Å²) in [5.74, 6) is -0.240. The SMILES string of the molecule is CCn1cc(C(=O)N2CCN(C3CCCCC3)CC2)c(S(=O)(=O)N2CCN(c3ccccc3Cl)CC2)n1. The minimum absolute atomic E-state index is 0.125. The van der Waals surface area contributed by atoms with Gasteiger partial charge in [-0.15, -0.1) is 0 Å². The van der Waals surface area contributed by atoms with Gasteiger partial charge >= 0.3 is 0 Å². The molecule has 0 spiro atoms. The molecule has 0 unspecified atom stereocenters. The minimum atomic E-state index is -3.93. The van der Waals surface area contributed by atoms with Gasteiger partial charge in [0.25, 0.3) is 15.9 Å². The van der Waals surface area contributed by atoms with Gasteiger partial charge in [-0.1, -0.05) is 43.0 Å². The Bertz CT molecular complexity index is 1200. The van der Waals surface area contributed by atoms with E-state index in [2.05, 4.69) is 14.9 Å². The van der Waals surface area contributed by atoms with Crippen LogP contribution in [0.5, 0.6) is 0 Å². The van der Waals surface area contributed by atoms with E-state index in [1.54, 1.807) is 15.8 Å². The molecule has 2 saturated heterocycles. The molecule has 1 aliphatic carbocycles. The zero-order chi connectivity index (χ0) is 26.0. The van der Waals surface area contributed by atoms with Crippen molar-refractivity contribution in [2.45, 2.75) is 56.6 Å². The molecule has 1 amide bonds. The summed E-state index contributed by atoms with van der Waals surface area (Å²) < 4.78 is 30.4. The van der Waals surface area contributed by atoms with Gasteiger partial charge in [0, 0.05) is 71.1 Å². The van der Waals surface area contributed by atoms with Crippen molar-refractivity contribution in [2.75, 3.05) is 57.3 Å². The number of hydrogen-bond acceptors (Lipinski definition) is 6. The van der Waals surface area contributed by atoms with E-state index in [0.717, 1.165) is 18.8 Å². The number of carbonyl (C=O) groups excluding carboxylic acids is 1. The Balaban J connectivity index is 1.28. The molecule has 0 radical (unpaired) electrons. The van der Waals surface area contributed by atoms with E-state index in [0.29, 0.717) is 56.9 Å². The van der Waals surface area contributed by atoms with Crippen LogP contribution in [0.1, 0.15) is 49.4 Å². The lowest BCUT2D eigenvalue weighted by Crippen LogP contribution is -2.52. The predicted octanol–water partition coefficient (Wildman–Crippen LogP) is 3.16. The Morgan fingerprint density at radius 2 is 1.65 bits per heavy atom. The summed E-state index contributed by atoms with van der Waals surface area (Å²) >= 11 is 6.35. The third-order valence-electron chi connectivity index (χ3n) is 7.99. The number of para-hydroxylation sites is 1. The number of halogens is 1. The standard InChI is InChI=1S/C26H37ClN6O3S/c1-2-32-20-22(26(34)31-14-12-29(13-15-31)21-8-4-3-5-9-21)25(28-32)37(35,36)33-18-16-30(17-19-33)24-11-7-6-10-23(24)27/h6-7,10-11,20-21H,2-5,8-9,12-19H2,1H3. The first-order valence-corrected chi connectivity index (χ1v) is 15.3. The molecule has 3 aliphatic rings. The van der Waals surface area contributed by atoms with Crippen molar-refractivity contribution in [1.82, 2.24) is 23.9 Å². The average Bonchev–Trinajstić information content (AvgIpc) is 3.39. The van der Waals surface area contributed by atoms with Crippen molar-refractivity contribution in [3.05, 3.63) is 41.0 Å². The van der Waals surface area contributed by atoms with Crippen LogP contribution in [0.4, 0.5) is 5.69 Å². The monoisotopic (exact) mass is 548 g/mol. The maximum absolute atomic E-state index is 13.7. The maximum Gasteiger partial charge on any atom is 0.263 e. The van der Waals surface area contributed by atoms with E-state index in [1.165, 1.54) is 36.4 Å². The Morgan fingerprint density at radius 1 is 0.973 bits per heavy atom. The zero-order valence-corrected chi connectivity index (χ0v) is 23.1. The number of aromatic nitrogens is 2. The lowest BCUT2D eigenvalue weighted by molar-refractivity contribution is 0.0520. The number of benzene rings is 1. The lowest BCUT2D eigenvalue weighted by Gasteiger charge is -2.40. The van der Waals surface area contributed by atoms with E-state index in [9.17, 15) is 13.2 Å². The molecule has 0 bridgehead atoms. The second kappa shape index (κ2) is 11.3. The van der Waals surface area contributed by atoms with Gasteiger partial charge in [-0.25, -0.2) is 8.42 Å². The van der Waals surface area contributed by atoms with E-state index in [1.807, 2.05) is 31.2 Å². The largest absolute Gasteiger partial charge is 0.368 e. The molecular formula is C26H37ClN6O3S. The Kier molecular flexibility index (Phi) is 8.09. The normalized spacial score (nSPS) is 20.9. The highest BCUT2D eigenvalue weighted by atomic mass is 35.5. The topological polar surface area (TPSA) is 82.0 Å². The molecule has 1 aromatic heterocycles. The van der Waals surface area contributed by atoms with Gasteiger partial charge in [-0.2, -0.15) is 9.40 Å². The van der Waals surface area contributed by atoms with E-state index in [-0.39, 0.29) is 16.5 Å². The summed E-state index contributed by atoms with van der Waals surface area (Å²) in [5.41, 5.74) is 1.08. The number of rotatable bonds is 6. The van der Waals surface area contributed by atoms with Gasteiger partial charge in [0.1, 0.15) is 0 Å². The van der Waals surface area contributed by atoms with Crippen molar-refractivity contribution in [2.24, 2.45) is 0 Å². The van der Waals surface area contributed by atoms with Gasteiger partial charge in [0.15, 0.2) is 0 Å². The molecule has 2 aliphatic heterocycles. The number of amides is 1. The van der Waals surface area contributed by atoms with Crippen molar-refractivity contribution in [3.63, 3.8) is 0 Å². The Morgan fingerprint density at radius 3 is 2.30 bits per heavy atom. The number of anilines is 1. The highest BCUT2D eigenvalue weighted by Gasteiger charge is 2.37. The van der Waals surface area contributed by atoms with Crippen molar-refractivity contribution in [1.29, 1.82) is 0 Å². The van der Waals surface area contributed by atoms with Gasteiger partial charge in [0.05, 0.1) is 16.3 Å². The Hall–Kier alpha value is -2.14. The molecule has 11 heteroatoms. The maximum atomic E-state index is 13.7. The van der Waals surface area contributed by atoms with Crippen LogP contribution < -0.4 is 4.90 Å². The van der Waals surface area contributed by atoms with Gasteiger partial charge in [-0.05, 0) is 31.9 Å². The number of carbonyl (C=O) groups is 1. The first kappa shape index (κ1) is 26.5. The molecule has 3 heterocycles. The first-order valence-electron chi connectivity index (χ1n) is 13.5. The molecule has 0 N–H and O–H groups in total. The van der Waals surface area contributed by atoms with Crippen LogP contribution in [-0.2, 0) is 16.6 Å². The molecule has 3 fully saturated rings. The molecule has 9 nitrogen and oxygen atoms in total. The van der Waals surface area contributed by atoms with Crippen LogP contribution in [-0.4, -0.2) is 96.6 Å². The summed E-state index contributed by atoms with van der Waals surface area (Å²) in [6.45, 7) is 6.93. The zero-order valence-electron chi connectivity index (χ0n) is 21.6. The summed E-state index contributed by atoms with van der Waals surface area (Å²) in [5, 5.41) is 4.89. The summed E-state index contributed by atoms with van der Waals surface area (Å²) in [6.07, 6.45) is 7.97. The molecule has 5 rings (SSSR count). The average molecular weight is 549 g/mol. The highest BCUT2D eigenvalue weighted by molar-refractivity contribution is 7.89. The van der Waals surface area contributed by atoms with Crippen LogP contribution in [0.15, 0.2) is 35.5 Å². The number of hydrogen-bond donors (Lipinski definition) is 0. The Labute approximate surface area is 225 Å². The van der Waals surface area contributed by atoms with Crippen LogP contribution >= 0.6 is 11.6 Å². The quantitative estimate of drug-likeness (QED) is 0.551. The van der Waals surface area contributed by atoms with Crippen molar-refractivity contribution in [3.8, 4) is 0 Å². The molecule has 1 saturated carbocycles. The second-order valence-corrected chi connectivity index (χ2v) is 12.4. The fourth-order valence-corrected chi connectivity index (χ4v) is 7.58. The lowest BCUT2D eigenvalue weighted by atomic mass is 9.94. The number of aryl methyl sites for hydroxylation is 1. The fraction of sp³-hybridized carbons (Fsp3) is 0.615.